The maximum atomic E-state index is 13.8. The van der Waals surface area contributed by atoms with Crippen molar-refractivity contribution < 1.29 is 24.3 Å². The number of ketones is 1. The van der Waals surface area contributed by atoms with Gasteiger partial charge in [-0.05, 0) is 49.2 Å². The Hall–Kier alpha value is -3.71. The van der Waals surface area contributed by atoms with E-state index in [-0.39, 0.29) is 18.7 Å². The van der Waals surface area contributed by atoms with E-state index in [0.29, 0.717) is 30.0 Å². The number of nitrogens with zero attached hydrogens (tertiary/aromatic N) is 5. The maximum absolute atomic E-state index is 13.8. The van der Waals surface area contributed by atoms with Crippen LogP contribution in [0.15, 0.2) is 35.7 Å². The molecule has 0 bridgehead atoms. The summed E-state index contributed by atoms with van der Waals surface area (Å²) in [5.41, 5.74) is 1.28. The molecule has 0 aliphatic carbocycles. The summed E-state index contributed by atoms with van der Waals surface area (Å²) < 4.78 is 3.94. The number of carboxylic acid groups (broad SMARTS) is 1. The van der Waals surface area contributed by atoms with E-state index in [4.69, 9.17) is 0 Å². The van der Waals surface area contributed by atoms with Crippen LogP contribution < -0.4 is 5.32 Å². The smallest absolute Gasteiger partial charge is 0.409 e. The van der Waals surface area contributed by atoms with Crippen molar-refractivity contribution in [3.63, 3.8) is 0 Å². The second kappa shape index (κ2) is 13.1. The van der Waals surface area contributed by atoms with Crippen molar-refractivity contribution in [2.45, 2.75) is 78.6 Å². The highest BCUT2D eigenvalue weighted by molar-refractivity contribution is 7.18. The Bertz CT molecular complexity index is 1440. The topological polar surface area (TPSA) is 146 Å². The second-order valence-corrected chi connectivity index (χ2v) is 12.9. The average Bonchev–Trinajstić information content (AvgIpc) is 3.68. The highest BCUT2D eigenvalue weighted by Crippen LogP contribution is 2.38. The molecule has 42 heavy (non-hydrogen) atoms. The Balaban J connectivity index is 1.63. The first-order valence-corrected chi connectivity index (χ1v) is 15.6. The van der Waals surface area contributed by atoms with E-state index in [9.17, 15) is 24.3 Å². The van der Waals surface area contributed by atoms with Crippen molar-refractivity contribution in [3.8, 4) is 9.88 Å². The number of carbonyl (C=O) groups is 4. The lowest BCUT2D eigenvalue weighted by molar-refractivity contribution is -0.142. The van der Waals surface area contributed by atoms with Crippen molar-refractivity contribution in [1.82, 2.24) is 29.7 Å². The summed E-state index contributed by atoms with van der Waals surface area (Å²) in [5, 5.41) is 19.5. The zero-order valence-electron chi connectivity index (χ0n) is 24.4. The fourth-order valence-electron chi connectivity index (χ4n) is 5.25. The van der Waals surface area contributed by atoms with Gasteiger partial charge >= 0.3 is 6.09 Å². The van der Waals surface area contributed by atoms with Gasteiger partial charge in [-0.2, -0.15) is 0 Å². The molecule has 1 aliphatic rings. The largest absolute Gasteiger partial charge is 0.465 e. The first-order chi connectivity index (χ1) is 19.9. The molecular formula is C29H36N6O5S2. The van der Waals surface area contributed by atoms with Gasteiger partial charge in [0.05, 0.1) is 11.7 Å². The summed E-state index contributed by atoms with van der Waals surface area (Å²) in [5.74, 6) is -2.13. The first-order valence-electron chi connectivity index (χ1n) is 13.9. The summed E-state index contributed by atoms with van der Waals surface area (Å²) in [6.07, 6.45) is -0.620. The summed E-state index contributed by atoms with van der Waals surface area (Å²) in [7, 11) is 0. The lowest BCUT2D eigenvalue weighted by Crippen LogP contribution is -2.58. The third-order valence-electron chi connectivity index (χ3n) is 7.41. The van der Waals surface area contributed by atoms with E-state index in [1.54, 1.807) is 12.3 Å². The molecule has 11 nitrogen and oxygen atoms in total. The molecule has 2 unspecified atom stereocenters. The van der Waals surface area contributed by atoms with Crippen LogP contribution in [0.2, 0.25) is 0 Å². The van der Waals surface area contributed by atoms with Gasteiger partial charge < -0.3 is 15.3 Å². The predicted molar refractivity (Wildman–Crippen MR) is 160 cm³/mol. The maximum Gasteiger partial charge on any atom is 0.409 e. The summed E-state index contributed by atoms with van der Waals surface area (Å²) in [6, 6.07) is 7.51. The summed E-state index contributed by atoms with van der Waals surface area (Å²) in [4.78, 5) is 61.3. The van der Waals surface area contributed by atoms with Crippen molar-refractivity contribution in [3.05, 3.63) is 52.7 Å². The van der Waals surface area contributed by atoms with E-state index in [1.165, 1.54) is 27.8 Å². The fourth-order valence-corrected chi connectivity index (χ4v) is 6.83. The number of nitrogens with one attached hydrogen (secondary N) is 1. The quantitative estimate of drug-likeness (QED) is 0.283. The van der Waals surface area contributed by atoms with Crippen LogP contribution in [0.3, 0.4) is 0 Å². The van der Waals surface area contributed by atoms with E-state index in [1.807, 2.05) is 58.0 Å². The number of Topliss-reactive ketones (excluding diaryl/α,β-unsaturated/α-hetero) is 1. The standard InChI is InChI=1S/C29H36N6O5S2/c1-6-7-13-21(23(36)25(37)30-17(2)19-11-9-8-10-12-19)35(28(39)40)22-14-29(4,5)16-34(22)27(38)20-15-41-26(31-20)24-18(3)32-33-42-24/h8-12,15,17,21-22H,6-7,13-14,16H2,1-5H3,(H,30,37)(H,39,40)/t17?,21-,22?/m0/s1. The molecule has 13 heteroatoms. The zero-order valence-corrected chi connectivity index (χ0v) is 26.0. The number of carbonyl (C=O) groups excluding carboxylic acids is 3. The van der Waals surface area contributed by atoms with Gasteiger partial charge in [0.1, 0.15) is 27.8 Å². The number of rotatable bonds is 11. The Morgan fingerprint density at radius 1 is 1.21 bits per heavy atom. The number of unbranched alkanes of at least 4 members (excludes halogenated alkanes) is 1. The minimum Gasteiger partial charge on any atom is -0.465 e. The van der Waals surface area contributed by atoms with Gasteiger partial charge in [0.2, 0.25) is 5.78 Å². The lowest BCUT2D eigenvalue weighted by atomic mass is 9.91. The average molecular weight is 613 g/mol. The van der Waals surface area contributed by atoms with Crippen LogP contribution in [0.1, 0.15) is 81.2 Å². The van der Waals surface area contributed by atoms with E-state index < -0.39 is 47.4 Å². The van der Waals surface area contributed by atoms with Crippen LogP contribution in [-0.2, 0) is 9.59 Å². The number of hydrogen-bond donors (Lipinski definition) is 2. The Morgan fingerprint density at radius 2 is 1.93 bits per heavy atom. The normalized spacial score (nSPS) is 17.5. The molecular weight excluding hydrogens is 576 g/mol. The molecule has 1 saturated heterocycles. The molecule has 3 aromatic rings. The van der Waals surface area contributed by atoms with Gasteiger partial charge in [0.25, 0.3) is 11.8 Å². The molecule has 0 saturated carbocycles. The SMILES string of the molecule is CCCC[C@@H](C(=O)C(=O)NC(C)c1ccccc1)N(C(=O)O)C1CC(C)(C)CN1C(=O)c1csc(-c2snnc2C)n1. The summed E-state index contributed by atoms with van der Waals surface area (Å²) >= 11 is 2.48. The van der Waals surface area contributed by atoms with Gasteiger partial charge in [0.15, 0.2) is 0 Å². The van der Waals surface area contributed by atoms with Crippen molar-refractivity contribution in [2.75, 3.05) is 6.54 Å². The number of likely N-dealkylation sites (tertiary alicyclic amines) is 1. The van der Waals surface area contributed by atoms with Crippen LogP contribution in [0.5, 0.6) is 0 Å². The summed E-state index contributed by atoms with van der Waals surface area (Å²) in [6.45, 7) is 9.67. The number of aromatic nitrogens is 3. The number of amides is 3. The van der Waals surface area contributed by atoms with Crippen LogP contribution in [-0.4, -0.2) is 71.9 Å². The Morgan fingerprint density at radius 3 is 2.55 bits per heavy atom. The third kappa shape index (κ3) is 6.84. The van der Waals surface area contributed by atoms with Crippen molar-refractivity contribution >= 4 is 46.6 Å². The van der Waals surface area contributed by atoms with Gasteiger partial charge in [0, 0.05) is 11.9 Å². The Labute approximate surface area is 253 Å². The second-order valence-electron chi connectivity index (χ2n) is 11.3. The molecule has 2 aromatic heterocycles. The van der Waals surface area contributed by atoms with Gasteiger partial charge in [-0.15, -0.1) is 16.4 Å². The fraction of sp³-hybridized carbons (Fsp3) is 0.483. The molecule has 1 aliphatic heterocycles. The number of hydrogen-bond acceptors (Lipinski definition) is 9. The van der Waals surface area contributed by atoms with Crippen LogP contribution >= 0.6 is 22.9 Å². The zero-order chi connectivity index (χ0) is 30.6. The van der Waals surface area contributed by atoms with Gasteiger partial charge in [-0.1, -0.05) is 68.4 Å². The predicted octanol–water partition coefficient (Wildman–Crippen LogP) is 5.15. The molecule has 0 radical (unpaired) electrons. The van der Waals surface area contributed by atoms with Crippen molar-refractivity contribution in [1.29, 1.82) is 0 Å². The molecule has 0 spiro atoms. The van der Waals surface area contributed by atoms with Crippen molar-refractivity contribution in [2.24, 2.45) is 5.41 Å². The third-order valence-corrected chi connectivity index (χ3v) is 9.23. The first kappa shape index (κ1) is 31.2. The molecule has 3 amide bonds. The molecule has 3 heterocycles. The highest BCUT2D eigenvalue weighted by Gasteiger charge is 2.49. The van der Waals surface area contributed by atoms with E-state index in [2.05, 4.69) is 19.9 Å². The molecule has 1 aromatic carbocycles. The highest BCUT2D eigenvalue weighted by atomic mass is 32.1. The Kier molecular flexibility index (Phi) is 9.72. The number of aryl methyl sites for hydroxylation is 1. The minimum absolute atomic E-state index is 0.159. The van der Waals surface area contributed by atoms with Gasteiger partial charge in [-0.3, -0.25) is 19.3 Å². The minimum atomic E-state index is -1.36. The van der Waals surface area contributed by atoms with E-state index >= 15 is 0 Å². The number of benzene rings is 1. The van der Waals surface area contributed by atoms with Crippen LogP contribution in [0, 0.1) is 12.3 Å². The molecule has 224 valence electrons. The molecule has 3 atom stereocenters. The lowest BCUT2D eigenvalue weighted by Gasteiger charge is -2.37. The monoisotopic (exact) mass is 612 g/mol. The van der Waals surface area contributed by atoms with E-state index in [0.717, 1.165) is 15.3 Å². The van der Waals surface area contributed by atoms with Crippen LogP contribution in [0.25, 0.3) is 9.88 Å². The number of thiazole rings is 1. The van der Waals surface area contributed by atoms with Gasteiger partial charge in [-0.25, -0.2) is 9.78 Å². The molecule has 1 fully saturated rings. The van der Waals surface area contributed by atoms with Crippen LogP contribution in [0.4, 0.5) is 4.79 Å². The molecule has 2 N–H and O–H groups in total. The molecule has 4 rings (SSSR count).